The van der Waals surface area contributed by atoms with Crippen molar-refractivity contribution >= 4 is 21.6 Å². The summed E-state index contributed by atoms with van der Waals surface area (Å²) >= 11 is 3.32. The second kappa shape index (κ2) is 5.11. The van der Waals surface area contributed by atoms with Crippen LogP contribution >= 0.6 is 15.9 Å². The largest absolute Gasteiger partial charge is 0.454 e. The van der Waals surface area contributed by atoms with Gasteiger partial charge >= 0.3 is 0 Å². The van der Waals surface area contributed by atoms with Crippen LogP contribution in [0.25, 0.3) is 0 Å². The second-order valence-electron chi connectivity index (χ2n) is 3.85. The first-order valence-corrected chi connectivity index (χ1v) is 6.13. The maximum absolute atomic E-state index is 9.08. The minimum absolute atomic E-state index is 0.465. The van der Waals surface area contributed by atoms with Gasteiger partial charge in [0.15, 0.2) is 5.75 Å². The number of anilines is 1. The van der Waals surface area contributed by atoms with Crippen molar-refractivity contribution in [1.29, 1.82) is 5.26 Å². The van der Waals surface area contributed by atoms with Gasteiger partial charge in [0.25, 0.3) is 0 Å². The van der Waals surface area contributed by atoms with Crippen molar-refractivity contribution < 1.29 is 4.74 Å². The smallest absolute Gasteiger partial charge is 0.153 e. The molecule has 0 saturated heterocycles. The van der Waals surface area contributed by atoms with Gasteiger partial charge < -0.3 is 10.5 Å². The summed E-state index contributed by atoms with van der Waals surface area (Å²) in [5.41, 5.74) is 7.83. The van der Waals surface area contributed by atoms with Crippen LogP contribution in [0.15, 0.2) is 40.9 Å². The Labute approximate surface area is 114 Å². The molecule has 2 aromatic rings. The molecule has 2 N–H and O–H groups in total. The zero-order valence-electron chi connectivity index (χ0n) is 9.77. The van der Waals surface area contributed by atoms with Gasteiger partial charge in [0, 0.05) is 4.47 Å². The van der Waals surface area contributed by atoms with Crippen LogP contribution in [0.1, 0.15) is 11.1 Å². The summed E-state index contributed by atoms with van der Waals surface area (Å²) < 4.78 is 6.59. The van der Waals surface area contributed by atoms with Crippen molar-refractivity contribution in [3.8, 4) is 17.6 Å². The minimum atomic E-state index is 0.465. The Hall–Kier alpha value is -1.99. The molecule has 0 heterocycles. The number of halogens is 1. The SMILES string of the molecule is Cc1cccc(N)c1Oc1ccc(Br)cc1C#N. The van der Waals surface area contributed by atoms with E-state index < -0.39 is 0 Å². The molecule has 4 heteroatoms. The number of rotatable bonds is 2. The molecule has 0 aliphatic rings. The lowest BCUT2D eigenvalue weighted by atomic mass is 10.2. The monoisotopic (exact) mass is 302 g/mol. The number of hydrogen-bond donors (Lipinski definition) is 1. The molecule has 0 saturated carbocycles. The fourth-order valence-electron chi connectivity index (χ4n) is 1.60. The molecule has 2 rings (SSSR count). The zero-order chi connectivity index (χ0) is 13.1. The lowest BCUT2D eigenvalue weighted by molar-refractivity contribution is 0.479. The summed E-state index contributed by atoms with van der Waals surface area (Å²) in [4.78, 5) is 0. The number of benzene rings is 2. The summed E-state index contributed by atoms with van der Waals surface area (Å²) in [7, 11) is 0. The summed E-state index contributed by atoms with van der Waals surface area (Å²) in [5, 5.41) is 9.08. The summed E-state index contributed by atoms with van der Waals surface area (Å²) in [6, 6.07) is 12.9. The van der Waals surface area contributed by atoms with E-state index in [0.29, 0.717) is 22.7 Å². The Kier molecular flexibility index (Phi) is 3.54. The van der Waals surface area contributed by atoms with E-state index in [0.717, 1.165) is 10.0 Å². The highest BCUT2D eigenvalue weighted by atomic mass is 79.9. The van der Waals surface area contributed by atoms with Crippen LogP contribution in [0.4, 0.5) is 5.69 Å². The van der Waals surface area contributed by atoms with Gasteiger partial charge in [-0.3, -0.25) is 0 Å². The average molecular weight is 303 g/mol. The number of nitrogens with zero attached hydrogens (tertiary/aromatic N) is 1. The highest BCUT2D eigenvalue weighted by Gasteiger charge is 2.09. The molecule has 2 aromatic carbocycles. The van der Waals surface area contributed by atoms with E-state index in [9.17, 15) is 0 Å². The van der Waals surface area contributed by atoms with Gasteiger partial charge in [-0.1, -0.05) is 28.1 Å². The Morgan fingerprint density at radius 1 is 1.28 bits per heavy atom. The van der Waals surface area contributed by atoms with Gasteiger partial charge in [0.2, 0.25) is 0 Å². The molecule has 18 heavy (non-hydrogen) atoms. The van der Waals surface area contributed by atoms with E-state index in [2.05, 4.69) is 22.0 Å². The molecule has 90 valence electrons. The van der Waals surface area contributed by atoms with Gasteiger partial charge in [-0.15, -0.1) is 0 Å². The number of para-hydroxylation sites is 1. The quantitative estimate of drug-likeness (QED) is 0.853. The summed E-state index contributed by atoms with van der Waals surface area (Å²) in [6.45, 7) is 1.91. The minimum Gasteiger partial charge on any atom is -0.454 e. The Morgan fingerprint density at radius 3 is 2.72 bits per heavy atom. The molecular weight excluding hydrogens is 292 g/mol. The second-order valence-corrected chi connectivity index (χ2v) is 4.76. The normalized spacial score (nSPS) is 9.83. The fraction of sp³-hybridized carbons (Fsp3) is 0.0714. The van der Waals surface area contributed by atoms with Crippen LogP contribution in [0.5, 0.6) is 11.5 Å². The lowest BCUT2D eigenvalue weighted by Gasteiger charge is -2.12. The van der Waals surface area contributed by atoms with Crippen molar-refractivity contribution in [2.75, 3.05) is 5.73 Å². The van der Waals surface area contributed by atoms with Crippen LogP contribution < -0.4 is 10.5 Å². The highest BCUT2D eigenvalue weighted by Crippen LogP contribution is 2.33. The van der Waals surface area contributed by atoms with Crippen molar-refractivity contribution in [3.05, 3.63) is 52.0 Å². The Bertz CT molecular complexity index is 612. The van der Waals surface area contributed by atoms with Crippen LogP contribution in [-0.2, 0) is 0 Å². The van der Waals surface area contributed by atoms with Crippen molar-refractivity contribution in [1.82, 2.24) is 0 Å². The van der Waals surface area contributed by atoms with Crippen LogP contribution in [0, 0.1) is 18.3 Å². The van der Waals surface area contributed by atoms with Crippen LogP contribution in [0.3, 0.4) is 0 Å². The molecule has 0 aliphatic heterocycles. The molecular formula is C14H11BrN2O. The van der Waals surface area contributed by atoms with Gasteiger partial charge in [-0.2, -0.15) is 5.26 Å². The van der Waals surface area contributed by atoms with Gasteiger partial charge in [0.1, 0.15) is 11.8 Å². The molecule has 0 aromatic heterocycles. The van der Waals surface area contributed by atoms with Crippen molar-refractivity contribution in [2.24, 2.45) is 0 Å². The Balaban J connectivity index is 2.44. The first kappa shape index (κ1) is 12.5. The maximum Gasteiger partial charge on any atom is 0.153 e. The fourth-order valence-corrected chi connectivity index (χ4v) is 1.96. The summed E-state index contributed by atoms with van der Waals surface area (Å²) in [6.07, 6.45) is 0. The molecule has 3 nitrogen and oxygen atoms in total. The van der Waals surface area contributed by atoms with Crippen molar-refractivity contribution in [3.63, 3.8) is 0 Å². The molecule has 0 aliphatic carbocycles. The Morgan fingerprint density at radius 2 is 2.06 bits per heavy atom. The van der Waals surface area contributed by atoms with E-state index in [1.807, 2.05) is 25.1 Å². The van der Waals surface area contributed by atoms with Crippen LogP contribution in [-0.4, -0.2) is 0 Å². The standard InChI is InChI=1S/C14H11BrN2O/c1-9-3-2-4-12(17)14(9)18-13-6-5-11(15)7-10(13)8-16/h2-7H,17H2,1H3. The number of nitriles is 1. The topological polar surface area (TPSA) is 59.0 Å². The molecule has 0 radical (unpaired) electrons. The molecule has 0 fully saturated rings. The van der Waals surface area contributed by atoms with E-state index in [1.165, 1.54) is 0 Å². The van der Waals surface area contributed by atoms with Crippen LogP contribution in [0.2, 0.25) is 0 Å². The van der Waals surface area contributed by atoms with E-state index in [-0.39, 0.29) is 0 Å². The van der Waals surface area contributed by atoms with E-state index in [1.54, 1.807) is 18.2 Å². The average Bonchev–Trinajstić information content (AvgIpc) is 2.35. The maximum atomic E-state index is 9.08. The first-order valence-electron chi connectivity index (χ1n) is 5.34. The number of aryl methyl sites for hydroxylation is 1. The highest BCUT2D eigenvalue weighted by molar-refractivity contribution is 9.10. The van der Waals surface area contributed by atoms with E-state index >= 15 is 0 Å². The van der Waals surface area contributed by atoms with Crippen molar-refractivity contribution in [2.45, 2.75) is 6.92 Å². The number of hydrogen-bond acceptors (Lipinski definition) is 3. The van der Waals surface area contributed by atoms with Gasteiger partial charge in [-0.05, 0) is 36.8 Å². The summed E-state index contributed by atoms with van der Waals surface area (Å²) in [5.74, 6) is 1.10. The predicted molar refractivity (Wildman–Crippen MR) is 74.5 cm³/mol. The third kappa shape index (κ3) is 2.47. The predicted octanol–water partition coefficient (Wildman–Crippen LogP) is 4.00. The first-order chi connectivity index (χ1) is 8.61. The molecule has 0 bridgehead atoms. The molecule has 0 spiro atoms. The number of nitrogens with two attached hydrogens (primary N) is 1. The van der Waals surface area contributed by atoms with E-state index in [4.69, 9.17) is 15.7 Å². The molecule has 0 amide bonds. The molecule has 0 unspecified atom stereocenters. The third-order valence-corrected chi connectivity index (χ3v) is 3.01. The molecule has 0 atom stereocenters. The lowest BCUT2D eigenvalue weighted by Crippen LogP contribution is -1.95. The van der Waals surface area contributed by atoms with Gasteiger partial charge in [-0.25, -0.2) is 0 Å². The zero-order valence-corrected chi connectivity index (χ0v) is 11.4. The third-order valence-electron chi connectivity index (χ3n) is 2.52. The number of ether oxygens (including phenoxy) is 1. The van der Waals surface area contributed by atoms with Gasteiger partial charge in [0.05, 0.1) is 11.3 Å². The number of nitrogen functional groups attached to an aromatic ring is 1.